The molecule has 0 amide bonds. The summed E-state index contributed by atoms with van der Waals surface area (Å²) in [6, 6.07) is 0. The fourth-order valence-corrected chi connectivity index (χ4v) is 4.08. The lowest BCUT2D eigenvalue weighted by Gasteiger charge is -2.33. The summed E-state index contributed by atoms with van der Waals surface area (Å²) >= 11 is 2.14. The third kappa shape index (κ3) is 3.38. The number of nitrogens with one attached hydrogen (secondary N) is 1. The molecule has 2 aliphatic heterocycles. The summed E-state index contributed by atoms with van der Waals surface area (Å²) in [5.74, 6) is 3.75. The van der Waals surface area contributed by atoms with Crippen LogP contribution in [0, 0.1) is 5.92 Å². The lowest BCUT2D eigenvalue weighted by molar-refractivity contribution is 0.194. The van der Waals surface area contributed by atoms with Crippen molar-refractivity contribution in [3.63, 3.8) is 0 Å². The van der Waals surface area contributed by atoms with Crippen molar-refractivity contribution in [3.8, 4) is 0 Å². The summed E-state index contributed by atoms with van der Waals surface area (Å²) in [5, 5.41) is 3.72. The summed E-state index contributed by atoms with van der Waals surface area (Å²) in [6.07, 6.45) is 4.00. The second kappa shape index (κ2) is 5.74. The third-order valence-corrected chi connectivity index (χ3v) is 5.33. The van der Waals surface area contributed by atoms with Gasteiger partial charge in [0.25, 0.3) is 0 Å². The maximum atomic E-state index is 3.72. The molecule has 0 spiro atoms. The van der Waals surface area contributed by atoms with Gasteiger partial charge in [-0.3, -0.25) is 0 Å². The van der Waals surface area contributed by atoms with Gasteiger partial charge in [0.05, 0.1) is 0 Å². The second-order valence-corrected chi connectivity index (χ2v) is 6.81. The van der Waals surface area contributed by atoms with Crippen molar-refractivity contribution in [2.75, 3.05) is 37.7 Å². The summed E-state index contributed by atoms with van der Waals surface area (Å²) in [5.41, 5.74) is 0.349. The first-order valence-corrected chi connectivity index (χ1v) is 7.92. The molecule has 2 unspecified atom stereocenters. The summed E-state index contributed by atoms with van der Waals surface area (Å²) in [4.78, 5) is 2.71. The molecule has 2 heterocycles. The number of hydrogen-bond donors (Lipinski definition) is 1. The van der Waals surface area contributed by atoms with Crippen LogP contribution in [0.1, 0.15) is 33.1 Å². The normalized spacial score (nSPS) is 37.5. The topological polar surface area (TPSA) is 15.3 Å². The molecule has 94 valence electrons. The van der Waals surface area contributed by atoms with Gasteiger partial charge >= 0.3 is 0 Å². The largest absolute Gasteiger partial charge is 0.310 e. The van der Waals surface area contributed by atoms with Gasteiger partial charge in [-0.05, 0) is 56.7 Å². The van der Waals surface area contributed by atoms with E-state index in [9.17, 15) is 0 Å². The smallest absolute Gasteiger partial charge is 0.0277 e. The van der Waals surface area contributed by atoms with Gasteiger partial charge in [0.15, 0.2) is 0 Å². The maximum absolute atomic E-state index is 3.72. The molecule has 0 aromatic carbocycles. The minimum absolute atomic E-state index is 0.349. The van der Waals surface area contributed by atoms with Crippen molar-refractivity contribution in [1.82, 2.24) is 10.2 Å². The lowest BCUT2D eigenvalue weighted by atomic mass is 9.98. The lowest BCUT2D eigenvalue weighted by Crippen LogP contribution is -2.49. The standard InChI is InChI=1S/C13H26N2S/c1-3-13(2)11-15(7-4-6-14-13)9-12-5-8-16-10-12/h12,14H,3-11H2,1-2H3. The number of hydrogen-bond acceptors (Lipinski definition) is 3. The minimum atomic E-state index is 0.349. The van der Waals surface area contributed by atoms with Gasteiger partial charge in [0.1, 0.15) is 0 Å². The van der Waals surface area contributed by atoms with Crippen molar-refractivity contribution < 1.29 is 0 Å². The van der Waals surface area contributed by atoms with Crippen LogP contribution in [-0.4, -0.2) is 48.1 Å². The molecule has 0 aliphatic carbocycles. The summed E-state index contributed by atoms with van der Waals surface area (Å²) in [7, 11) is 0. The molecule has 2 atom stereocenters. The highest BCUT2D eigenvalue weighted by atomic mass is 32.2. The Labute approximate surface area is 105 Å². The van der Waals surface area contributed by atoms with Crippen LogP contribution in [-0.2, 0) is 0 Å². The fourth-order valence-electron chi connectivity index (χ4n) is 2.81. The predicted molar refractivity (Wildman–Crippen MR) is 73.2 cm³/mol. The zero-order chi connectivity index (χ0) is 11.4. The Bertz CT molecular complexity index is 216. The van der Waals surface area contributed by atoms with Gasteiger partial charge < -0.3 is 10.2 Å². The zero-order valence-electron chi connectivity index (χ0n) is 10.8. The zero-order valence-corrected chi connectivity index (χ0v) is 11.6. The van der Waals surface area contributed by atoms with Crippen molar-refractivity contribution in [3.05, 3.63) is 0 Å². The first-order chi connectivity index (χ1) is 7.72. The van der Waals surface area contributed by atoms with Crippen molar-refractivity contribution in [2.24, 2.45) is 5.92 Å². The van der Waals surface area contributed by atoms with E-state index in [1.807, 2.05) is 0 Å². The van der Waals surface area contributed by atoms with Crippen LogP contribution >= 0.6 is 11.8 Å². The Morgan fingerprint density at radius 2 is 2.38 bits per heavy atom. The van der Waals surface area contributed by atoms with Crippen LogP contribution in [0.2, 0.25) is 0 Å². The van der Waals surface area contributed by atoms with Gasteiger partial charge in [-0.2, -0.15) is 11.8 Å². The Hall–Kier alpha value is 0.270. The van der Waals surface area contributed by atoms with Crippen molar-refractivity contribution >= 4 is 11.8 Å². The van der Waals surface area contributed by atoms with Gasteiger partial charge in [0, 0.05) is 18.6 Å². The molecular weight excluding hydrogens is 216 g/mol. The van der Waals surface area contributed by atoms with Crippen LogP contribution in [0.4, 0.5) is 0 Å². The highest BCUT2D eigenvalue weighted by Crippen LogP contribution is 2.25. The van der Waals surface area contributed by atoms with Crippen molar-refractivity contribution in [2.45, 2.75) is 38.6 Å². The average Bonchev–Trinajstić information content (AvgIpc) is 2.69. The molecule has 3 heteroatoms. The van der Waals surface area contributed by atoms with Gasteiger partial charge in [-0.25, -0.2) is 0 Å². The highest BCUT2D eigenvalue weighted by molar-refractivity contribution is 7.99. The molecular formula is C13H26N2S. The van der Waals surface area contributed by atoms with E-state index in [-0.39, 0.29) is 0 Å². The Morgan fingerprint density at radius 1 is 1.50 bits per heavy atom. The number of nitrogens with zero attached hydrogens (tertiary/aromatic N) is 1. The van der Waals surface area contributed by atoms with E-state index in [4.69, 9.17) is 0 Å². The molecule has 0 aromatic heterocycles. The Kier molecular flexibility index (Phi) is 4.57. The number of rotatable bonds is 3. The van der Waals surface area contributed by atoms with E-state index in [1.165, 1.54) is 56.9 Å². The molecule has 2 nitrogen and oxygen atoms in total. The van der Waals surface area contributed by atoms with Crippen LogP contribution in [0.25, 0.3) is 0 Å². The van der Waals surface area contributed by atoms with E-state index in [0.29, 0.717) is 5.54 Å². The Balaban J connectivity index is 1.87. The van der Waals surface area contributed by atoms with E-state index < -0.39 is 0 Å². The van der Waals surface area contributed by atoms with E-state index in [1.54, 1.807) is 0 Å². The molecule has 0 radical (unpaired) electrons. The summed E-state index contributed by atoms with van der Waals surface area (Å²) < 4.78 is 0. The van der Waals surface area contributed by atoms with Gasteiger partial charge in [-0.1, -0.05) is 6.92 Å². The molecule has 2 aliphatic rings. The third-order valence-electron chi connectivity index (χ3n) is 4.10. The van der Waals surface area contributed by atoms with Gasteiger partial charge in [0.2, 0.25) is 0 Å². The van der Waals surface area contributed by atoms with Gasteiger partial charge in [-0.15, -0.1) is 0 Å². The second-order valence-electron chi connectivity index (χ2n) is 5.66. The van der Waals surface area contributed by atoms with Crippen LogP contribution < -0.4 is 5.32 Å². The van der Waals surface area contributed by atoms with E-state index >= 15 is 0 Å². The maximum Gasteiger partial charge on any atom is 0.0277 e. The first-order valence-electron chi connectivity index (χ1n) is 6.77. The molecule has 0 aromatic rings. The molecule has 1 N–H and O–H groups in total. The monoisotopic (exact) mass is 242 g/mol. The average molecular weight is 242 g/mol. The first kappa shape index (κ1) is 12.7. The predicted octanol–water partition coefficient (Wildman–Crippen LogP) is 2.20. The molecule has 16 heavy (non-hydrogen) atoms. The SMILES string of the molecule is CCC1(C)CN(CC2CCSC2)CCCN1. The molecule has 2 saturated heterocycles. The molecule has 0 saturated carbocycles. The summed E-state index contributed by atoms with van der Waals surface area (Å²) in [6.45, 7) is 9.76. The molecule has 2 fully saturated rings. The molecule has 0 bridgehead atoms. The molecule has 2 rings (SSSR count). The van der Waals surface area contributed by atoms with E-state index in [0.717, 1.165) is 5.92 Å². The Morgan fingerprint density at radius 3 is 3.06 bits per heavy atom. The van der Waals surface area contributed by atoms with Crippen LogP contribution in [0.5, 0.6) is 0 Å². The van der Waals surface area contributed by atoms with Crippen LogP contribution in [0.15, 0.2) is 0 Å². The highest BCUT2D eigenvalue weighted by Gasteiger charge is 2.28. The van der Waals surface area contributed by atoms with E-state index in [2.05, 4.69) is 35.8 Å². The number of thioether (sulfide) groups is 1. The van der Waals surface area contributed by atoms with Crippen LogP contribution in [0.3, 0.4) is 0 Å². The minimum Gasteiger partial charge on any atom is -0.310 e. The van der Waals surface area contributed by atoms with Crippen molar-refractivity contribution in [1.29, 1.82) is 0 Å². The fraction of sp³-hybridized carbons (Fsp3) is 1.00. The quantitative estimate of drug-likeness (QED) is 0.817.